The van der Waals surface area contributed by atoms with Crippen LogP contribution < -0.4 is 4.72 Å². The number of rotatable bonds is 6. The van der Waals surface area contributed by atoms with Gasteiger partial charge in [-0.05, 0) is 62.3 Å². The lowest BCUT2D eigenvalue weighted by Crippen LogP contribution is -2.45. The summed E-state index contributed by atoms with van der Waals surface area (Å²) in [7, 11) is 0. The van der Waals surface area contributed by atoms with Crippen LogP contribution in [-0.2, 0) is 24.1 Å². The Hall–Kier alpha value is -2.17. The van der Waals surface area contributed by atoms with Crippen molar-refractivity contribution in [3.05, 3.63) is 59.8 Å². The van der Waals surface area contributed by atoms with Gasteiger partial charge in [-0.3, -0.25) is 0 Å². The molecule has 2 atom stereocenters. The Morgan fingerprint density at radius 3 is 2.22 bits per heavy atom. The number of nitrogens with zero attached hydrogens (tertiary/aromatic N) is 1. The van der Waals surface area contributed by atoms with Gasteiger partial charge in [-0.25, -0.2) is 0 Å². The smallest absolute Gasteiger partial charge is 0.417 e. The van der Waals surface area contributed by atoms with Gasteiger partial charge < -0.3 is 9.12 Å². The molecule has 1 aromatic heterocycles. The molecule has 3 aromatic rings. The Morgan fingerprint density at radius 1 is 1.03 bits per heavy atom. The van der Waals surface area contributed by atoms with Crippen LogP contribution in [0, 0.1) is 5.41 Å². The number of hydrogen-bond acceptors (Lipinski definition) is 2. The minimum atomic E-state index is -4.74. The van der Waals surface area contributed by atoms with Gasteiger partial charge in [-0.2, -0.15) is 26.3 Å². The third-order valence-electron chi connectivity index (χ3n) is 6.53. The number of nitrogens with one attached hydrogen (secondary N) is 1. The summed E-state index contributed by atoms with van der Waals surface area (Å²) in [6, 6.07) is 7.29. The maximum atomic E-state index is 14.2. The lowest BCUT2D eigenvalue weighted by atomic mass is 9.97. The Morgan fingerprint density at radius 2 is 1.67 bits per heavy atom. The largest absolute Gasteiger partial charge is 0.598 e. The third kappa shape index (κ3) is 5.55. The van der Waals surface area contributed by atoms with E-state index in [4.69, 9.17) is 0 Å². The maximum Gasteiger partial charge on any atom is 0.417 e. The van der Waals surface area contributed by atoms with Crippen molar-refractivity contribution in [3.8, 4) is 11.1 Å². The molecule has 1 aliphatic rings. The van der Waals surface area contributed by atoms with Crippen molar-refractivity contribution >= 4 is 22.3 Å². The Labute approximate surface area is 209 Å². The van der Waals surface area contributed by atoms with Gasteiger partial charge in [-0.1, -0.05) is 37.3 Å². The van der Waals surface area contributed by atoms with Crippen LogP contribution in [0.4, 0.5) is 26.3 Å². The van der Waals surface area contributed by atoms with E-state index in [9.17, 15) is 30.9 Å². The summed E-state index contributed by atoms with van der Waals surface area (Å²) in [4.78, 5) is 0. The average molecular weight is 531 g/mol. The predicted molar refractivity (Wildman–Crippen MR) is 130 cm³/mol. The molecule has 0 amide bonds. The number of aromatic nitrogens is 1. The van der Waals surface area contributed by atoms with Crippen molar-refractivity contribution in [1.29, 1.82) is 0 Å². The van der Waals surface area contributed by atoms with E-state index in [0.717, 1.165) is 18.9 Å². The second kappa shape index (κ2) is 8.99. The standard InChI is InChI=1S/C26H28F6N2OS/c1-23(2,3)36(35)33-22(26(30,31)32)19-14-34(15-24(4)11-12-24)21-13-16(9-10-18(19)21)17-7-5-6-8-20(17)25(27,28)29/h5-10,13-14,22,33H,11-12,15H2,1-4H3/t22-,36?/m0/s1. The van der Waals surface area contributed by atoms with E-state index in [2.05, 4.69) is 4.72 Å². The summed E-state index contributed by atoms with van der Waals surface area (Å²) in [6.45, 7) is 7.18. The molecule has 36 heavy (non-hydrogen) atoms. The van der Waals surface area contributed by atoms with Crippen LogP contribution in [0.15, 0.2) is 48.7 Å². The van der Waals surface area contributed by atoms with E-state index in [0.29, 0.717) is 12.1 Å². The zero-order valence-corrected chi connectivity index (χ0v) is 21.2. The van der Waals surface area contributed by atoms with Gasteiger partial charge in [0, 0.05) is 40.6 Å². The highest BCUT2D eigenvalue weighted by Crippen LogP contribution is 2.48. The molecule has 1 N–H and O–H groups in total. The molecule has 1 aliphatic carbocycles. The minimum Gasteiger partial charge on any atom is -0.598 e. The summed E-state index contributed by atoms with van der Waals surface area (Å²) in [5.74, 6) is 0. The molecule has 2 aromatic carbocycles. The molecular weight excluding hydrogens is 502 g/mol. The molecule has 10 heteroatoms. The molecule has 4 rings (SSSR count). The quantitative estimate of drug-likeness (QED) is 0.261. The van der Waals surface area contributed by atoms with E-state index in [1.54, 1.807) is 25.3 Å². The second-order valence-electron chi connectivity index (χ2n) is 10.8. The summed E-state index contributed by atoms with van der Waals surface area (Å²) in [5.41, 5.74) is -0.374. The van der Waals surface area contributed by atoms with Gasteiger partial charge in [0.25, 0.3) is 0 Å². The highest BCUT2D eigenvalue weighted by Gasteiger charge is 2.47. The van der Waals surface area contributed by atoms with E-state index in [1.807, 2.05) is 6.92 Å². The SMILES string of the molecule is CC1(Cn2cc([C@H](N[S+]([O-])C(C)(C)C)C(F)(F)F)c3ccc(-c4ccccc4C(F)(F)F)cc32)CC1. The Kier molecular flexibility index (Phi) is 6.71. The molecule has 1 unspecified atom stereocenters. The fourth-order valence-electron chi connectivity index (χ4n) is 4.20. The summed E-state index contributed by atoms with van der Waals surface area (Å²) in [6.07, 6.45) is -6.10. The molecule has 0 aliphatic heterocycles. The molecule has 3 nitrogen and oxygen atoms in total. The van der Waals surface area contributed by atoms with Crippen LogP contribution in [0.2, 0.25) is 0 Å². The fourth-order valence-corrected chi connectivity index (χ4v) is 5.03. The van der Waals surface area contributed by atoms with Crippen LogP contribution in [0.25, 0.3) is 22.0 Å². The van der Waals surface area contributed by atoms with E-state index < -0.39 is 40.1 Å². The van der Waals surface area contributed by atoms with Gasteiger partial charge in [0.15, 0.2) is 6.04 Å². The van der Waals surface area contributed by atoms with Gasteiger partial charge in [0.2, 0.25) is 0 Å². The van der Waals surface area contributed by atoms with Crippen molar-refractivity contribution in [1.82, 2.24) is 9.29 Å². The van der Waals surface area contributed by atoms with Gasteiger partial charge in [0.05, 0.1) is 5.56 Å². The number of fused-ring (bicyclic) bond motifs is 1. The summed E-state index contributed by atoms with van der Waals surface area (Å²) >= 11 is -2.01. The summed E-state index contributed by atoms with van der Waals surface area (Å²) in [5, 5.41) is 0.258. The van der Waals surface area contributed by atoms with Gasteiger partial charge >= 0.3 is 12.4 Å². The highest BCUT2D eigenvalue weighted by molar-refractivity contribution is 7.90. The first-order valence-electron chi connectivity index (χ1n) is 11.5. The molecule has 0 saturated heterocycles. The van der Waals surface area contributed by atoms with Crippen molar-refractivity contribution in [2.24, 2.45) is 5.41 Å². The Bertz CT molecular complexity index is 1250. The monoisotopic (exact) mass is 530 g/mol. The number of benzene rings is 2. The first-order chi connectivity index (χ1) is 16.5. The van der Waals surface area contributed by atoms with Crippen molar-refractivity contribution < 1.29 is 30.9 Å². The summed E-state index contributed by atoms with van der Waals surface area (Å²) < 4.78 is 99.3. The van der Waals surface area contributed by atoms with E-state index >= 15 is 0 Å². The molecule has 0 bridgehead atoms. The Balaban J connectivity index is 1.89. The average Bonchev–Trinajstić information content (AvgIpc) is 3.39. The lowest BCUT2D eigenvalue weighted by molar-refractivity contribution is -0.152. The molecular formula is C26H28F6N2OS. The topological polar surface area (TPSA) is 40.0 Å². The van der Waals surface area contributed by atoms with Crippen LogP contribution in [-0.4, -0.2) is 20.0 Å². The molecule has 0 spiro atoms. The minimum absolute atomic E-state index is 0.0434. The van der Waals surface area contributed by atoms with Crippen LogP contribution >= 0.6 is 0 Å². The first kappa shape index (κ1) is 26.9. The van der Waals surface area contributed by atoms with Crippen LogP contribution in [0.5, 0.6) is 0 Å². The third-order valence-corrected chi connectivity index (χ3v) is 8.09. The van der Waals surface area contributed by atoms with Crippen molar-refractivity contribution in [2.45, 2.75) is 70.2 Å². The molecule has 1 fully saturated rings. The number of hydrogen-bond donors (Lipinski definition) is 1. The van der Waals surface area contributed by atoms with E-state index in [-0.39, 0.29) is 27.5 Å². The normalized spacial score (nSPS) is 17.9. The zero-order valence-electron chi connectivity index (χ0n) is 20.3. The highest BCUT2D eigenvalue weighted by atomic mass is 32.2. The molecule has 196 valence electrons. The van der Waals surface area contributed by atoms with Crippen molar-refractivity contribution in [2.75, 3.05) is 0 Å². The number of halogens is 6. The predicted octanol–water partition coefficient (Wildman–Crippen LogP) is 7.78. The first-order valence-corrected chi connectivity index (χ1v) is 12.7. The molecule has 1 saturated carbocycles. The van der Waals surface area contributed by atoms with Crippen molar-refractivity contribution in [3.63, 3.8) is 0 Å². The molecule has 0 radical (unpaired) electrons. The van der Waals surface area contributed by atoms with Gasteiger partial charge in [0.1, 0.15) is 4.75 Å². The maximum absolute atomic E-state index is 14.2. The second-order valence-corrected chi connectivity index (χ2v) is 12.8. The van der Waals surface area contributed by atoms with Gasteiger partial charge in [-0.15, -0.1) is 4.72 Å². The molecule has 1 heterocycles. The van der Waals surface area contributed by atoms with Crippen LogP contribution in [0.1, 0.15) is 57.7 Å². The zero-order chi connectivity index (χ0) is 26.7. The van der Waals surface area contributed by atoms with Crippen LogP contribution in [0.3, 0.4) is 0 Å². The fraction of sp³-hybridized carbons (Fsp3) is 0.462. The van der Waals surface area contributed by atoms with E-state index in [1.165, 1.54) is 42.6 Å². The lowest BCUT2D eigenvalue weighted by Gasteiger charge is -2.29. The number of alkyl halides is 6.